The van der Waals surface area contributed by atoms with Gasteiger partial charge in [-0.3, -0.25) is 4.79 Å². The maximum atomic E-state index is 12.1. The van der Waals surface area contributed by atoms with Crippen molar-refractivity contribution in [2.24, 2.45) is 0 Å². The van der Waals surface area contributed by atoms with Crippen LogP contribution in [0.4, 0.5) is 0 Å². The lowest BCUT2D eigenvalue weighted by molar-refractivity contribution is -0.298. The van der Waals surface area contributed by atoms with Crippen LogP contribution in [0.25, 0.3) is 0 Å². The smallest absolute Gasteiger partial charge is 0.225 e. The second-order valence-corrected chi connectivity index (χ2v) is 5.77. The van der Waals surface area contributed by atoms with Crippen molar-refractivity contribution in [3.63, 3.8) is 0 Å². The molecule has 0 aromatic carbocycles. The number of carbonyl (C=O) groups excluding carboxylic acids is 1. The van der Waals surface area contributed by atoms with Crippen LogP contribution in [-0.2, 0) is 14.3 Å². The molecule has 2 unspecified atom stereocenters. The van der Waals surface area contributed by atoms with Crippen LogP contribution in [0.2, 0.25) is 0 Å². The highest BCUT2D eigenvalue weighted by Crippen LogP contribution is 2.30. The average molecular weight is 266 g/mol. The first-order valence-electron chi connectivity index (χ1n) is 7.00. The third-order valence-electron chi connectivity index (χ3n) is 3.61. The van der Waals surface area contributed by atoms with E-state index in [2.05, 4.69) is 6.07 Å². The van der Waals surface area contributed by atoms with E-state index in [9.17, 15) is 4.79 Å². The Labute approximate surface area is 114 Å². The monoisotopic (exact) mass is 266 g/mol. The molecule has 0 bridgehead atoms. The van der Waals surface area contributed by atoms with Crippen molar-refractivity contribution in [2.75, 3.05) is 13.1 Å². The molecule has 0 radical (unpaired) electrons. The third kappa shape index (κ3) is 3.92. The van der Waals surface area contributed by atoms with Crippen molar-refractivity contribution in [1.29, 1.82) is 5.26 Å². The minimum Gasteiger partial charge on any atom is -0.347 e. The fourth-order valence-electron chi connectivity index (χ4n) is 2.86. The molecule has 0 spiro atoms. The summed E-state index contributed by atoms with van der Waals surface area (Å²) in [5, 5.41) is 8.78. The molecule has 2 rings (SSSR count). The Bertz CT molecular complexity index is 369. The topological polar surface area (TPSA) is 62.6 Å². The van der Waals surface area contributed by atoms with Crippen molar-refractivity contribution >= 4 is 5.91 Å². The van der Waals surface area contributed by atoms with Crippen LogP contribution >= 0.6 is 0 Å². The number of ether oxygens (including phenoxy) is 2. The van der Waals surface area contributed by atoms with Crippen LogP contribution in [0.3, 0.4) is 0 Å². The molecular formula is C14H22N2O3. The minimum atomic E-state index is -0.713. The van der Waals surface area contributed by atoms with E-state index >= 15 is 0 Å². The van der Waals surface area contributed by atoms with E-state index in [-0.39, 0.29) is 18.1 Å². The van der Waals surface area contributed by atoms with Gasteiger partial charge in [0.2, 0.25) is 5.91 Å². The van der Waals surface area contributed by atoms with Gasteiger partial charge in [-0.25, -0.2) is 0 Å². The average Bonchev–Trinajstić information content (AvgIpc) is 2.80. The Hall–Kier alpha value is -1.12. The molecule has 2 aliphatic rings. The molecule has 0 N–H and O–H groups in total. The predicted octanol–water partition coefficient (Wildman–Crippen LogP) is 1.82. The number of likely N-dealkylation sites (tertiary alicyclic amines) is 1. The zero-order valence-corrected chi connectivity index (χ0v) is 11.7. The second kappa shape index (κ2) is 5.89. The van der Waals surface area contributed by atoms with Crippen LogP contribution in [-0.4, -0.2) is 41.9 Å². The molecule has 0 aromatic rings. The molecule has 2 heterocycles. The van der Waals surface area contributed by atoms with Crippen LogP contribution in [0.5, 0.6) is 0 Å². The molecule has 5 heteroatoms. The lowest BCUT2D eigenvalue weighted by atomic mass is 10.0. The first kappa shape index (κ1) is 14.3. The summed E-state index contributed by atoms with van der Waals surface area (Å²) in [4.78, 5) is 14.0. The summed E-state index contributed by atoms with van der Waals surface area (Å²) in [6.07, 6.45) is 3.29. The lowest BCUT2D eigenvalue weighted by Gasteiger charge is -2.40. The number of rotatable bonds is 3. The summed E-state index contributed by atoms with van der Waals surface area (Å²) in [6, 6.07) is 2.13. The fourth-order valence-corrected chi connectivity index (χ4v) is 2.86. The van der Waals surface area contributed by atoms with Gasteiger partial charge in [-0.15, -0.1) is 0 Å². The highest BCUT2D eigenvalue weighted by Gasteiger charge is 2.37. The highest BCUT2D eigenvalue weighted by molar-refractivity contribution is 5.76. The highest BCUT2D eigenvalue weighted by atomic mass is 16.7. The molecule has 2 fully saturated rings. The Morgan fingerprint density at radius 2 is 1.95 bits per heavy atom. The molecule has 0 saturated carbocycles. The summed E-state index contributed by atoms with van der Waals surface area (Å²) in [7, 11) is 0. The van der Waals surface area contributed by atoms with E-state index in [1.54, 1.807) is 0 Å². The van der Waals surface area contributed by atoms with Gasteiger partial charge in [-0.05, 0) is 26.7 Å². The predicted molar refractivity (Wildman–Crippen MR) is 69.1 cm³/mol. The van der Waals surface area contributed by atoms with Gasteiger partial charge in [0.15, 0.2) is 5.79 Å². The largest absolute Gasteiger partial charge is 0.347 e. The van der Waals surface area contributed by atoms with E-state index in [0.29, 0.717) is 19.3 Å². The van der Waals surface area contributed by atoms with Gasteiger partial charge in [0.1, 0.15) is 0 Å². The SMILES string of the molecule is CC1(C)OC(CC#N)CC(CC(=O)N2CCCC2)O1. The Balaban J connectivity index is 1.91. The zero-order chi connectivity index (χ0) is 13.9. The second-order valence-electron chi connectivity index (χ2n) is 5.77. The number of amides is 1. The summed E-state index contributed by atoms with van der Waals surface area (Å²) in [5.74, 6) is -0.550. The van der Waals surface area contributed by atoms with E-state index in [1.807, 2.05) is 18.7 Å². The van der Waals surface area contributed by atoms with E-state index < -0.39 is 5.79 Å². The summed E-state index contributed by atoms with van der Waals surface area (Å²) in [6.45, 7) is 5.41. The first-order chi connectivity index (χ1) is 9.00. The molecule has 0 aromatic heterocycles. The van der Waals surface area contributed by atoms with Gasteiger partial charge in [0.25, 0.3) is 0 Å². The van der Waals surface area contributed by atoms with Gasteiger partial charge >= 0.3 is 0 Å². The van der Waals surface area contributed by atoms with Gasteiger partial charge in [-0.2, -0.15) is 5.26 Å². The third-order valence-corrected chi connectivity index (χ3v) is 3.61. The van der Waals surface area contributed by atoms with Crippen molar-refractivity contribution in [3.8, 4) is 6.07 Å². The van der Waals surface area contributed by atoms with Crippen molar-refractivity contribution in [3.05, 3.63) is 0 Å². The summed E-state index contributed by atoms with van der Waals surface area (Å²) < 4.78 is 11.5. The van der Waals surface area contributed by atoms with Crippen LogP contribution < -0.4 is 0 Å². The Morgan fingerprint density at radius 3 is 2.58 bits per heavy atom. The lowest BCUT2D eigenvalue weighted by Crippen LogP contribution is -2.46. The quantitative estimate of drug-likeness (QED) is 0.781. The maximum Gasteiger partial charge on any atom is 0.225 e. The van der Waals surface area contributed by atoms with E-state index in [0.717, 1.165) is 25.9 Å². The number of hydrogen-bond donors (Lipinski definition) is 0. The minimum absolute atomic E-state index is 0.134. The van der Waals surface area contributed by atoms with Crippen molar-refractivity contribution in [2.45, 2.75) is 63.9 Å². The Kier molecular flexibility index (Phi) is 4.43. The molecule has 5 nitrogen and oxygen atoms in total. The molecule has 2 atom stereocenters. The normalized spacial score (nSPS) is 30.1. The molecule has 1 amide bonds. The standard InChI is InChI=1S/C14H22N2O3/c1-14(2)18-11(5-6-15)9-12(19-14)10-13(17)16-7-3-4-8-16/h11-12H,3-5,7-10H2,1-2H3. The van der Waals surface area contributed by atoms with E-state index in [4.69, 9.17) is 14.7 Å². The molecule has 2 saturated heterocycles. The van der Waals surface area contributed by atoms with Gasteiger partial charge < -0.3 is 14.4 Å². The zero-order valence-electron chi connectivity index (χ0n) is 11.7. The van der Waals surface area contributed by atoms with Gasteiger partial charge in [0, 0.05) is 19.5 Å². The van der Waals surface area contributed by atoms with Crippen molar-refractivity contribution in [1.82, 2.24) is 4.90 Å². The summed E-state index contributed by atoms with van der Waals surface area (Å²) in [5.41, 5.74) is 0. The summed E-state index contributed by atoms with van der Waals surface area (Å²) >= 11 is 0. The van der Waals surface area contributed by atoms with E-state index in [1.165, 1.54) is 0 Å². The molecule has 0 aliphatic carbocycles. The number of nitrogens with zero attached hydrogens (tertiary/aromatic N) is 2. The number of hydrogen-bond acceptors (Lipinski definition) is 4. The van der Waals surface area contributed by atoms with Gasteiger partial charge in [-0.1, -0.05) is 0 Å². The maximum absolute atomic E-state index is 12.1. The number of carbonyl (C=O) groups is 1. The number of nitriles is 1. The molecule has 19 heavy (non-hydrogen) atoms. The molecular weight excluding hydrogens is 244 g/mol. The van der Waals surface area contributed by atoms with Gasteiger partial charge in [0.05, 0.1) is 31.1 Å². The van der Waals surface area contributed by atoms with Crippen molar-refractivity contribution < 1.29 is 14.3 Å². The van der Waals surface area contributed by atoms with Crippen LogP contribution in [0.1, 0.15) is 46.0 Å². The molecule has 106 valence electrons. The fraction of sp³-hybridized carbons (Fsp3) is 0.857. The first-order valence-corrected chi connectivity index (χ1v) is 7.00. The Morgan fingerprint density at radius 1 is 1.32 bits per heavy atom. The molecule has 2 aliphatic heterocycles. The van der Waals surface area contributed by atoms with Crippen LogP contribution in [0.15, 0.2) is 0 Å². The van der Waals surface area contributed by atoms with Crippen LogP contribution in [0, 0.1) is 11.3 Å².